The lowest BCUT2D eigenvalue weighted by atomic mass is 10.3. The van der Waals surface area contributed by atoms with Crippen molar-refractivity contribution in [2.75, 3.05) is 0 Å². The smallest absolute Gasteiger partial charge is 0.233 e. The zero-order valence-corrected chi connectivity index (χ0v) is 9.54. The van der Waals surface area contributed by atoms with Gasteiger partial charge in [0.25, 0.3) is 0 Å². The topological polar surface area (TPSA) is 22.1 Å². The monoisotopic (exact) mass is 285 g/mol. The second kappa shape index (κ2) is 4.57. The first-order valence-electron chi connectivity index (χ1n) is 4.39. The third-order valence-corrected chi connectivity index (χ3v) is 2.38. The van der Waals surface area contributed by atoms with Crippen molar-refractivity contribution >= 4 is 15.9 Å². The van der Waals surface area contributed by atoms with Crippen LogP contribution >= 0.6 is 15.9 Å². The molecular weight excluding hydrogens is 280 g/mol. The lowest BCUT2D eigenvalue weighted by Crippen LogP contribution is -1.90. The maximum atomic E-state index is 12.9. The molecule has 16 heavy (non-hydrogen) atoms. The number of pyridine rings is 1. The van der Waals surface area contributed by atoms with Crippen molar-refractivity contribution in [2.45, 2.75) is 0 Å². The van der Waals surface area contributed by atoms with Crippen molar-refractivity contribution in [3.63, 3.8) is 0 Å². The Morgan fingerprint density at radius 1 is 1.12 bits per heavy atom. The molecule has 0 aliphatic rings. The molecule has 1 aromatic carbocycles. The third-order valence-electron chi connectivity index (χ3n) is 1.78. The van der Waals surface area contributed by atoms with Crippen LogP contribution in [-0.2, 0) is 0 Å². The minimum atomic E-state index is -0.693. The number of ether oxygens (including phenoxy) is 1. The van der Waals surface area contributed by atoms with Gasteiger partial charge in [-0.3, -0.25) is 0 Å². The van der Waals surface area contributed by atoms with Crippen LogP contribution in [0.2, 0.25) is 0 Å². The second-order valence-electron chi connectivity index (χ2n) is 3.00. The molecule has 0 radical (unpaired) electrons. The van der Waals surface area contributed by atoms with Gasteiger partial charge in [-0.05, 0) is 28.1 Å². The van der Waals surface area contributed by atoms with E-state index >= 15 is 0 Å². The Balaban J connectivity index is 2.30. The SMILES string of the molecule is Fc1cc(F)cc(Oc2ncccc2Br)c1. The van der Waals surface area contributed by atoms with Crippen LogP contribution in [0.4, 0.5) is 8.78 Å². The zero-order chi connectivity index (χ0) is 11.5. The lowest BCUT2D eigenvalue weighted by Gasteiger charge is -2.06. The van der Waals surface area contributed by atoms with Crippen molar-refractivity contribution in [3.8, 4) is 11.6 Å². The number of benzene rings is 1. The molecule has 1 heterocycles. The highest BCUT2D eigenvalue weighted by molar-refractivity contribution is 9.10. The van der Waals surface area contributed by atoms with E-state index in [9.17, 15) is 8.78 Å². The fraction of sp³-hybridized carbons (Fsp3) is 0. The van der Waals surface area contributed by atoms with Crippen molar-refractivity contribution in [2.24, 2.45) is 0 Å². The number of aromatic nitrogens is 1. The van der Waals surface area contributed by atoms with Gasteiger partial charge in [-0.25, -0.2) is 13.8 Å². The van der Waals surface area contributed by atoms with Crippen LogP contribution in [0.15, 0.2) is 41.0 Å². The minimum Gasteiger partial charge on any atom is -0.438 e. The van der Waals surface area contributed by atoms with Crippen LogP contribution in [0.25, 0.3) is 0 Å². The average Bonchev–Trinajstić information content (AvgIpc) is 2.20. The summed E-state index contributed by atoms with van der Waals surface area (Å²) in [6.45, 7) is 0. The summed E-state index contributed by atoms with van der Waals surface area (Å²) in [4.78, 5) is 3.92. The molecule has 1 aromatic heterocycles. The molecular formula is C11H6BrF2NO. The summed E-state index contributed by atoms with van der Waals surface area (Å²) in [5.41, 5.74) is 0. The molecule has 5 heteroatoms. The lowest BCUT2D eigenvalue weighted by molar-refractivity contribution is 0.448. The van der Waals surface area contributed by atoms with Crippen molar-refractivity contribution < 1.29 is 13.5 Å². The highest BCUT2D eigenvalue weighted by Crippen LogP contribution is 2.27. The first-order chi connectivity index (χ1) is 7.65. The van der Waals surface area contributed by atoms with Gasteiger partial charge in [-0.15, -0.1) is 0 Å². The molecule has 0 amide bonds. The summed E-state index contributed by atoms with van der Waals surface area (Å²) in [7, 11) is 0. The van der Waals surface area contributed by atoms with E-state index in [-0.39, 0.29) is 11.6 Å². The van der Waals surface area contributed by atoms with E-state index in [0.717, 1.165) is 18.2 Å². The number of hydrogen-bond donors (Lipinski definition) is 0. The standard InChI is InChI=1S/C11H6BrF2NO/c12-10-2-1-3-15-11(10)16-9-5-7(13)4-8(14)6-9/h1-6H. The van der Waals surface area contributed by atoms with Gasteiger partial charge in [0.2, 0.25) is 5.88 Å². The highest BCUT2D eigenvalue weighted by atomic mass is 79.9. The fourth-order valence-electron chi connectivity index (χ4n) is 1.15. The van der Waals surface area contributed by atoms with Gasteiger partial charge in [0.1, 0.15) is 17.4 Å². The van der Waals surface area contributed by atoms with Gasteiger partial charge in [-0.2, -0.15) is 0 Å². The largest absolute Gasteiger partial charge is 0.438 e. The van der Waals surface area contributed by atoms with Gasteiger partial charge in [0.15, 0.2) is 0 Å². The summed E-state index contributed by atoms with van der Waals surface area (Å²) >= 11 is 3.22. The molecule has 0 unspecified atom stereocenters. The van der Waals surface area contributed by atoms with E-state index in [2.05, 4.69) is 20.9 Å². The Bertz CT molecular complexity index is 499. The van der Waals surface area contributed by atoms with Gasteiger partial charge in [0.05, 0.1) is 4.47 Å². The predicted molar refractivity (Wildman–Crippen MR) is 58.4 cm³/mol. The number of nitrogens with zero attached hydrogens (tertiary/aromatic N) is 1. The first-order valence-corrected chi connectivity index (χ1v) is 5.19. The Hall–Kier alpha value is -1.49. The van der Waals surface area contributed by atoms with Crippen LogP contribution in [-0.4, -0.2) is 4.98 Å². The maximum absolute atomic E-state index is 12.9. The van der Waals surface area contributed by atoms with E-state index in [1.165, 1.54) is 6.20 Å². The maximum Gasteiger partial charge on any atom is 0.233 e. The normalized spacial score (nSPS) is 10.2. The molecule has 0 aliphatic heterocycles. The third kappa shape index (κ3) is 2.55. The summed E-state index contributed by atoms with van der Waals surface area (Å²) in [5, 5.41) is 0. The molecule has 0 spiro atoms. The molecule has 0 aliphatic carbocycles. The molecule has 2 rings (SSSR count). The highest BCUT2D eigenvalue weighted by Gasteiger charge is 2.06. The molecule has 0 atom stereocenters. The van der Waals surface area contributed by atoms with Gasteiger partial charge in [0, 0.05) is 24.4 Å². The first kappa shape index (κ1) is 11.0. The number of halogens is 3. The molecule has 0 bridgehead atoms. The Morgan fingerprint density at radius 3 is 2.44 bits per heavy atom. The summed E-state index contributed by atoms with van der Waals surface area (Å²) in [6.07, 6.45) is 1.52. The zero-order valence-electron chi connectivity index (χ0n) is 7.95. The molecule has 82 valence electrons. The van der Waals surface area contributed by atoms with Crippen molar-refractivity contribution in [3.05, 3.63) is 52.6 Å². The van der Waals surface area contributed by atoms with Crippen molar-refractivity contribution in [1.82, 2.24) is 4.98 Å². The molecule has 0 N–H and O–H groups in total. The minimum absolute atomic E-state index is 0.0666. The number of hydrogen-bond acceptors (Lipinski definition) is 2. The second-order valence-corrected chi connectivity index (χ2v) is 3.85. The Kier molecular flexibility index (Phi) is 3.14. The number of rotatable bonds is 2. The van der Waals surface area contributed by atoms with E-state index in [0.29, 0.717) is 4.47 Å². The Morgan fingerprint density at radius 2 is 1.81 bits per heavy atom. The van der Waals surface area contributed by atoms with Crippen LogP contribution in [0.3, 0.4) is 0 Å². The summed E-state index contributed by atoms with van der Waals surface area (Å²) in [6, 6.07) is 6.38. The van der Waals surface area contributed by atoms with E-state index in [1.807, 2.05) is 0 Å². The molecule has 2 aromatic rings. The van der Waals surface area contributed by atoms with Gasteiger partial charge < -0.3 is 4.74 Å². The average molecular weight is 286 g/mol. The van der Waals surface area contributed by atoms with Gasteiger partial charge in [-0.1, -0.05) is 0 Å². The van der Waals surface area contributed by atoms with E-state index < -0.39 is 11.6 Å². The predicted octanol–water partition coefficient (Wildman–Crippen LogP) is 3.91. The molecule has 0 saturated carbocycles. The molecule has 0 fully saturated rings. The molecule has 0 saturated heterocycles. The van der Waals surface area contributed by atoms with Crippen LogP contribution in [0.5, 0.6) is 11.6 Å². The summed E-state index contributed by atoms with van der Waals surface area (Å²) in [5.74, 6) is -1.06. The van der Waals surface area contributed by atoms with Crippen molar-refractivity contribution in [1.29, 1.82) is 0 Å². The fourth-order valence-corrected chi connectivity index (χ4v) is 1.48. The van der Waals surface area contributed by atoms with E-state index in [1.54, 1.807) is 12.1 Å². The van der Waals surface area contributed by atoms with Crippen LogP contribution < -0.4 is 4.74 Å². The quantitative estimate of drug-likeness (QED) is 0.835. The Labute approximate surface area is 99.0 Å². The van der Waals surface area contributed by atoms with E-state index in [4.69, 9.17) is 4.74 Å². The van der Waals surface area contributed by atoms with Gasteiger partial charge >= 0.3 is 0 Å². The van der Waals surface area contributed by atoms with Crippen LogP contribution in [0.1, 0.15) is 0 Å². The summed E-state index contributed by atoms with van der Waals surface area (Å²) < 4.78 is 31.6. The van der Waals surface area contributed by atoms with Crippen LogP contribution in [0, 0.1) is 11.6 Å². The molecule has 2 nitrogen and oxygen atoms in total.